The Morgan fingerprint density at radius 3 is 1.33 bits per heavy atom. The summed E-state index contributed by atoms with van der Waals surface area (Å²) in [5.74, 6) is 2.01. The van der Waals surface area contributed by atoms with Gasteiger partial charge in [0.15, 0.2) is 10.0 Å². The van der Waals surface area contributed by atoms with E-state index in [4.69, 9.17) is 27.7 Å². The van der Waals surface area contributed by atoms with Gasteiger partial charge < -0.3 is 34.0 Å². The normalized spacial score (nSPS) is 12.1. The molecule has 0 fully saturated rings. The van der Waals surface area contributed by atoms with E-state index in [0.29, 0.717) is 11.6 Å². The van der Waals surface area contributed by atoms with Crippen molar-refractivity contribution in [2.45, 2.75) is 24.6 Å². The predicted octanol–water partition coefficient (Wildman–Crippen LogP) is 15.3. The second kappa shape index (κ2) is 35.6. The largest absolute Gasteiger partial charge is 0.876 e. The molecule has 0 aliphatic rings. The number of methoxy groups -OCH3 is 1. The van der Waals surface area contributed by atoms with Gasteiger partial charge in [-0.05, 0) is 98.1 Å². The first-order valence-electron chi connectivity index (χ1n) is 31.6. The number of rotatable bonds is 19. The molecular weight excluding hydrogens is 1500 g/mol. The van der Waals surface area contributed by atoms with Crippen LogP contribution in [-0.2, 0) is 36.4 Å². The Kier molecular flexibility index (Phi) is 27.0. The Labute approximate surface area is 616 Å². The zero-order chi connectivity index (χ0) is 75.4. The van der Waals surface area contributed by atoms with Crippen molar-refractivity contribution in [1.29, 1.82) is 0 Å². The predicted molar refractivity (Wildman–Crippen MR) is 427 cm³/mol. The molecule has 3 heterocycles. The smallest absolute Gasteiger partial charge is 0.480 e. The number of ether oxygens (including phenoxy) is 1. The number of pyridine rings is 1. The number of fused-ring (bicyclic) bond motifs is 1. The number of hydrogen-bond acceptors (Lipinski definition) is 13. The van der Waals surface area contributed by atoms with Gasteiger partial charge in [-0.1, -0.05) is 274 Å². The lowest BCUT2D eigenvalue weighted by atomic mass is 10.2. The minimum Gasteiger partial charge on any atom is -0.876 e. The number of nitrogens with zero attached hydrogens (tertiary/aromatic N) is 7. The standard InChI is InChI=1S/C25H23NOP2.C25H22NP2S.C13H9N4.C11H11NO2S.C3H3F5NO4S2/c1-28(22-14-6-2-7-15-22,23-16-8-3-9-17-23)26-29(27,24-18-10-4-11-19-24)25-20-12-5-13-21-25;1-27(22-14-6-2-7-15-22,23-16-8-3-9-17-23)26-28(29,24-18-10-4-11-19-24)25-20-12-5-13-21-25;1-2-6-10(7-3-1)12-15-13(17-16-12)11-8-4-5-9-14-11;1-7(13)5-11-12-9-4-3-8(14-2)6-10(9)15-11;1-2(4,5)14(10,11)9-15(12,13)3(6,7)8/h2-21H,1H2,(H,26,27);2-21H,1H2;1-9H;3-6,13H,1-2H3;1H3/q;2*-1;;-1/p-1/b;;;7-5-;. The van der Waals surface area contributed by atoms with Crippen molar-refractivity contribution >= 4 is 142 Å². The SMILES string of the molecule is C=P(NP(=O)(c1ccccc1)c1ccccc1)(c1ccccc1)c1ccccc1.C=P([N-]P(=S)(c1ccccc1)c1ccccc1)(c1ccccc1)c1ccccc1.CC(F)(F)S(=O)(=O)[N-]S(=O)(=O)C(F)(F)F.COc1ccc2nc(/C=C(/C)[O-])sc2c1.c1ccc(-c2nnc(-c3ccccn3)[n-]2)cc1. The van der Waals surface area contributed by atoms with E-state index in [0.717, 1.165) is 78.8 Å². The molecule has 540 valence electrons. The zero-order valence-corrected chi connectivity index (χ0v) is 63.2. The van der Waals surface area contributed by atoms with Crippen molar-refractivity contribution in [3.8, 4) is 28.7 Å². The number of halogens is 5. The molecule has 105 heavy (non-hydrogen) atoms. The molecule has 13 rings (SSSR count). The van der Waals surface area contributed by atoms with Crippen molar-refractivity contribution in [3.63, 3.8) is 0 Å². The minimum atomic E-state index is -6.48. The van der Waals surface area contributed by atoms with E-state index in [2.05, 4.69) is 133 Å². The van der Waals surface area contributed by atoms with Gasteiger partial charge in [0.05, 0.1) is 23.0 Å². The van der Waals surface area contributed by atoms with Gasteiger partial charge in [-0.3, -0.25) is 9.55 Å². The maximum absolute atomic E-state index is 14.7. The van der Waals surface area contributed by atoms with Crippen molar-refractivity contribution < 1.29 is 53.2 Å². The zero-order valence-electron chi connectivity index (χ0n) is 56.3. The molecule has 0 saturated heterocycles. The average molecular weight is 1560 g/mol. The quantitative estimate of drug-likeness (QED) is 0.0452. The Bertz CT molecular complexity index is 4770. The molecule has 3 aromatic heterocycles. The van der Waals surface area contributed by atoms with Crippen molar-refractivity contribution in [2.75, 3.05) is 7.11 Å². The maximum atomic E-state index is 14.7. The van der Waals surface area contributed by atoms with Crippen LogP contribution in [0.2, 0.25) is 0 Å². The molecule has 0 amide bonds. The van der Waals surface area contributed by atoms with E-state index in [1.54, 1.807) is 13.3 Å². The van der Waals surface area contributed by atoms with E-state index >= 15 is 0 Å². The highest BCUT2D eigenvalue weighted by molar-refractivity contribution is 8.27. The van der Waals surface area contributed by atoms with Crippen LogP contribution in [0.1, 0.15) is 18.9 Å². The topological polar surface area (TPSA) is 224 Å². The molecule has 0 radical (unpaired) electrons. The number of benzene rings is 10. The maximum Gasteiger partial charge on any atom is 0.480 e. The number of aromatic nitrogens is 5. The summed E-state index contributed by atoms with van der Waals surface area (Å²) in [5.41, 5.74) is -3.44. The lowest BCUT2D eigenvalue weighted by molar-refractivity contribution is -0.299. The second-order valence-corrected chi connectivity index (χ2v) is 40.1. The van der Waals surface area contributed by atoms with E-state index in [1.165, 1.54) is 24.3 Å². The van der Waals surface area contributed by atoms with E-state index in [1.807, 2.05) is 212 Å². The first kappa shape index (κ1) is 79.7. The van der Waals surface area contributed by atoms with Gasteiger partial charge in [0, 0.05) is 42.4 Å². The van der Waals surface area contributed by atoms with Gasteiger partial charge in [-0.25, -0.2) is 26.7 Å². The van der Waals surface area contributed by atoms with E-state index in [9.17, 15) is 48.5 Å². The number of allylic oxidation sites excluding steroid dienone is 1. The molecule has 0 aliphatic carbocycles. The molecule has 28 heteroatoms. The molecule has 0 saturated carbocycles. The van der Waals surface area contributed by atoms with Crippen LogP contribution in [0, 0.1) is 0 Å². The summed E-state index contributed by atoms with van der Waals surface area (Å²) >= 11 is 7.90. The second-order valence-electron chi connectivity index (χ2n) is 22.6. The summed E-state index contributed by atoms with van der Waals surface area (Å²) in [6.45, 7) is 1.23. The van der Waals surface area contributed by atoms with Crippen molar-refractivity contribution in [2.24, 2.45) is 0 Å². The molecule has 1 N–H and O–H groups in total. The highest BCUT2D eigenvalue weighted by Crippen LogP contribution is 2.67. The Hall–Kier alpha value is -9.37. The third-order valence-electron chi connectivity index (χ3n) is 15.1. The molecule has 0 bridgehead atoms. The van der Waals surface area contributed by atoms with Gasteiger partial charge >= 0.3 is 10.8 Å². The van der Waals surface area contributed by atoms with E-state index in [-0.39, 0.29) is 12.7 Å². The lowest BCUT2D eigenvalue weighted by Gasteiger charge is -2.48. The summed E-state index contributed by atoms with van der Waals surface area (Å²) < 4.78 is 122. The molecule has 0 aliphatic heterocycles. The number of nitrogens with one attached hydrogen (secondary N) is 1. The first-order valence-corrected chi connectivity index (χ1v) is 43.6. The molecule has 0 unspecified atom stereocenters. The molecule has 0 spiro atoms. The molecule has 10 aromatic carbocycles. The summed E-state index contributed by atoms with van der Waals surface area (Å²) in [4.78, 5) is 22.0. The molecule has 0 atom stereocenters. The molecule has 13 aromatic rings. The van der Waals surface area contributed by atoms with Gasteiger partial charge in [-0.15, -0.1) is 42.2 Å². The minimum absolute atomic E-state index is 0.0148. The van der Waals surface area contributed by atoms with Crippen LogP contribution in [0.5, 0.6) is 5.75 Å². The summed E-state index contributed by atoms with van der Waals surface area (Å²) in [6.07, 6.45) is 10.2. The summed E-state index contributed by atoms with van der Waals surface area (Å²) in [6, 6.07) is 102. The Balaban J connectivity index is 0.000000157. The van der Waals surface area contributed by atoms with Crippen LogP contribution in [0.3, 0.4) is 0 Å². The fraction of sp³-hybridized carbons (Fsp3) is 0.0649. The third kappa shape index (κ3) is 20.6. The average Bonchev–Trinajstić information content (AvgIpc) is 1.32. The highest BCUT2D eigenvalue weighted by Gasteiger charge is 2.44. The van der Waals surface area contributed by atoms with Crippen LogP contribution in [0.4, 0.5) is 22.0 Å². The fourth-order valence-corrected chi connectivity index (χ4v) is 27.9. The molecule has 15 nitrogen and oxygen atoms in total. The number of alkyl halides is 5. The van der Waals surface area contributed by atoms with Crippen LogP contribution in [0.25, 0.3) is 48.2 Å². The molecular formula is C77H67F5N8O7P4S4-4. The fourth-order valence-electron chi connectivity index (χ4n) is 9.81. The number of sulfonamides is 2. The number of hydrogen-bond donors (Lipinski definition) is 1. The highest BCUT2D eigenvalue weighted by atomic mass is 32.4. The van der Waals surface area contributed by atoms with Gasteiger partial charge in [0.1, 0.15) is 20.8 Å². The van der Waals surface area contributed by atoms with Gasteiger partial charge in [0.2, 0.25) is 7.29 Å². The van der Waals surface area contributed by atoms with Gasteiger partial charge in [-0.2, -0.15) is 22.0 Å². The van der Waals surface area contributed by atoms with Crippen LogP contribution in [0.15, 0.2) is 321 Å². The lowest BCUT2D eigenvalue weighted by Crippen LogP contribution is -2.33. The van der Waals surface area contributed by atoms with E-state index < -0.39 is 58.4 Å². The Morgan fingerprint density at radius 2 is 0.943 bits per heavy atom. The van der Waals surface area contributed by atoms with Crippen molar-refractivity contribution in [3.05, 3.63) is 335 Å². The van der Waals surface area contributed by atoms with Gasteiger partial charge in [0.25, 0.3) is 0 Å². The van der Waals surface area contributed by atoms with Crippen LogP contribution in [-0.4, -0.2) is 67.5 Å². The first-order chi connectivity index (χ1) is 50.1. The Morgan fingerprint density at radius 1 is 0.552 bits per heavy atom. The van der Waals surface area contributed by atoms with Crippen LogP contribution >= 0.6 is 38.9 Å². The third-order valence-corrected chi connectivity index (χ3v) is 34.4. The summed E-state index contributed by atoms with van der Waals surface area (Å²) in [5, 5.41) is 23.2. The summed E-state index contributed by atoms with van der Waals surface area (Å²) in [7, 11) is -18.7. The monoisotopic (exact) mass is 1560 g/mol. The van der Waals surface area contributed by atoms with Crippen molar-refractivity contribution in [1.82, 2.24) is 30.0 Å². The number of thiazole rings is 1. The van der Waals surface area contributed by atoms with Crippen LogP contribution < -0.4 is 62.1 Å².